The molecule has 0 unspecified atom stereocenters. The van der Waals surface area contributed by atoms with Crippen LogP contribution in [0.4, 0.5) is 14.6 Å². The Hall–Kier alpha value is -4.11. The minimum atomic E-state index is -3.87. The second-order valence-corrected chi connectivity index (χ2v) is 9.44. The molecule has 38 heavy (non-hydrogen) atoms. The van der Waals surface area contributed by atoms with Crippen LogP contribution in [0.3, 0.4) is 0 Å². The number of aromatic nitrogens is 5. The van der Waals surface area contributed by atoms with E-state index in [1.54, 1.807) is 36.4 Å². The normalized spacial score (nSPS) is 11.7. The number of para-hydroxylation sites is 1. The molecule has 12 nitrogen and oxygen atoms in total. The standard InChI is InChI=1S/C23H24F2N6O6S/c1-5-36-17-11-6-8-13(26-17)21-29-20-22(31(21)18-15(34-2)9-7-10-16(18)35-3)28-19(30-38(4,32)33)14(27-20)12-37-23(24)25/h6-11,23H,5,12H2,1-4H3,(H,28,30). The van der Waals surface area contributed by atoms with Gasteiger partial charge in [-0.05, 0) is 25.1 Å². The van der Waals surface area contributed by atoms with Crippen molar-refractivity contribution >= 4 is 27.1 Å². The number of halogens is 2. The number of alkyl halides is 2. The molecule has 0 radical (unpaired) electrons. The third kappa shape index (κ3) is 5.73. The lowest BCUT2D eigenvalue weighted by atomic mass is 10.2. The summed E-state index contributed by atoms with van der Waals surface area (Å²) in [7, 11) is -0.940. The van der Waals surface area contributed by atoms with E-state index in [1.165, 1.54) is 18.8 Å². The number of anilines is 1. The molecule has 0 atom stereocenters. The molecule has 202 valence electrons. The summed E-state index contributed by atoms with van der Waals surface area (Å²) in [5, 5.41) is 0. The van der Waals surface area contributed by atoms with Gasteiger partial charge in [-0.25, -0.2) is 28.4 Å². The Kier molecular flexibility index (Phi) is 7.87. The van der Waals surface area contributed by atoms with Crippen LogP contribution in [0.5, 0.6) is 17.4 Å². The number of benzene rings is 1. The highest BCUT2D eigenvalue weighted by atomic mass is 32.2. The van der Waals surface area contributed by atoms with Gasteiger partial charge in [0.05, 0.1) is 33.7 Å². The van der Waals surface area contributed by atoms with Crippen LogP contribution < -0.4 is 18.9 Å². The average Bonchev–Trinajstić information content (AvgIpc) is 3.24. The van der Waals surface area contributed by atoms with Crippen LogP contribution in [-0.2, 0) is 21.4 Å². The zero-order valence-corrected chi connectivity index (χ0v) is 21.6. The second kappa shape index (κ2) is 11.1. The SMILES string of the molecule is CCOc1cccc(-c2nc3nc(COC(F)F)c(NS(C)(=O)=O)nc3n2-c2c(OC)cccc2OC)n1. The Bertz CT molecular complexity index is 1540. The zero-order valence-electron chi connectivity index (χ0n) is 20.8. The lowest BCUT2D eigenvalue weighted by Crippen LogP contribution is -2.15. The van der Waals surface area contributed by atoms with Crippen LogP contribution in [-0.4, -0.2) is 66.6 Å². The van der Waals surface area contributed by atoms with Crippen molar-refractivity contribution in [2.75, 3.05) is 31.8 Å². The summed E-state index contributed by atoms with van der Waals surface area (Å²) >= 11 is 0. The molecule has 3 heterocycles. The molecule has 0 spiro atoms. The van der Waals surface area contributed by atoms with Gasteiger partial charge < -0.3 is 18.9 Å². The molecular weight excluding hydrogens is 526 g/mol. The molecule has 0 saturated heterocycles. The maximum absolute atomic E-state index is 12.8. The van der Waals surface area contributed by atoms with Crippen LogP contribution in [0.25, 0.3) is 28.5 Å². The van der Waals surface area contributed by atoms with Gasteiger partial charge in [-0.2, -0.15) is 8.78 Å². The Morgan fingerprint density at radius 3 is 2.29 bits per heavy atom. The average molecular weight is 551 g/mol. The summed E-state index contributed by atoms with van der Waals surface area (Å²) in [6, 6.07) is 10.2. The molecule has 15 heteroatoms. The van der Waals surface area contributed by atoms with Crippen LogP contribution in [0, 0.1) is 0 Å². The monoisotopic (exact) mass is 550 g/mol. The first-order valence-corrected chi connectivity index (χ1v) is 13.0. The van der Waals surface area contributed by atoms with Crippen LogP contribution in [0.2, 0.25) is 0 Å². The minimum absolute atomic E-state index is 0.00323. The van der Waals surface area contributed by atoms with Crippen molar-refractivity contribution in [3.63, 3.8) is 0 Å². The predicted molar refractivity (Wildman–Crippen MR) is 133 cm³/mol. The Labute approximate surface area is 216 Å². The summed E-state index contributed by atoms with van der Waals surface area (Å²) in [6.45, 7) is -1.65. The van der Waals surface area contributed by atoms with Gasteiger partial charge in [-0.1, -0.05) is 12.1 Å². The Balaban J connectivity index is 2.08. The highest BCUT2D eigenvalue weighted by Gasteiger charge is 2.26. The molecule has 0 fully saturated rings. The number of hydrogen-bond acceptors (Lipinski definition) is 10. The first-order valence-electron chi connectivity index (χ1n) is 11.1. The first-order chi connectivity index (χ1) is 18.1. The van der Waals surface area contributed by atoms with Gasteiger partial charge in [-0.15, -0.1) is 0 Å². The maximum Gasteiger partial charge on any atom is 0.345 e. The van der Waals surface area contributed by atoms with Gasteiger partial charge in [0.1, 0.15) is 28.6 Å². The van der Waals surface area contributed by atoms with Crippen molar-refractivity contribution in [1.82, 2.24) is 24.5 Å². The minimum Gasteiger partial charge on any atom is -0.494 e. The van der Waals surface area contributed by atoms with Gasteiger partial charge in [0.25, 0.3) is 0 Å². The summed E-state index contributed by atoms with van der Waals surface area (Å²) < 4.78 is 74.5. The van der Waals surface area contributed by atoms with E-state index in [0.29, 0.717) is 35.4 Å². The van der Waals surface area contributed by atoms with E-state index in [-0.39, 0.29) is 28.6 Å². The van der Waals surface area contributed by atoms with Crippen molar-refractivity contribution < 1.29 is 36.1 Å². The fraction of sp³-hybridized carbons (Fsp3) is 0.304. The number of methoxy groups -OCH3 is 2. The quantitative estimate of drug-likeness (QED) is 0.295. The molecule has 0 bridgehead atoms. The number of sulfonamides is 1. The lowest BCUT2D eigenvalue weighted by Gasteiger charge is -2.17. The number of pyridine rings is 1. The molecule has 1 N–H and O–H groups in total. The van der Waals surface area contributed by atoms with Gasteiger partial charge in [-0.3, -0.25) is 9.29 Å². The predicted octanol–water partition coefficient (Wildman–Crippen LogP) is 3.40. The highest BCUT2D eigenvalue weighted by molar-refractivity contribution is 7.92. The third-order valence-electron chi connectivity index (χ3n) is 5.07. The number of fused-ring (bicyclic) bond motifs is 1. The molecule has 0 amide bonds. The molecular formula is C23H24F2N6O6S. The number of imidazole rings is 1. The number of hydrogen-bond donors (Lipinski definition) is 1. The highest BCUT2D eigenvalue weighted by Crippen LogP contribution is 2.38. The number of nitrogens with one attached hydrogen (secondary N) is 1. The third-order valence-corrected chi connectivity index (χ3v) is 5.63. The topological polar surface area (TPSA) is 140 Å². The van der Waals surface area contributed by atoms with E-state index in [9.17, 15) is 17.2 Å². The van der Waals surface area contributed by atoms with E-state index in [0.717, 1.165) is 6.26 Å². The summed E-state index contributed by atoms with van der Waals surface area (Å²) in [4.78, 5) is 17.8. The smallest absolute Gasteiger partial charge is 0.345 e. The van der Waals surface area contributed by atoms with E-state index in [2.05, 4.69) is 29.4 Å². The Morgan fingerprint density at radius 2 is 1.68 bits per heavy atom. The van der Waals surface area contributed by atoms with E-state index < -0.39 is 23.2 Å². The summed E-state index contributed by atoms with van der Waals surface area (Å²) in [6.07, 6.45) is 0.895. The molecule has 0 saturated carbocycles. The molecule has 4 rings (SSSR count). The number of rotatable bonds is 11. The van der Waals surface area contributed by atoms with Crippen LogP contribution in [0.1, 0.15) is 12.6 Å². The van der Waals surface area contributed by atoms with Crippen molar-refractivity contribution in [2.24, 2.45) is 0 Å². The molecule has 0 aliphatic rings. The largest absolute Gasteiger partial charge is 0.494 e. The summed E-state index contributed by atoms with van der Waals surface area (Å²) in [5.41, 5.74) is 0.603. The molecule has 0 aliphatic heterocycles. The molecule has 3 aromatic heterocycles. The summed E-state index contributed by atoms with van der Waals surface area (Å²) in [5.74, 6) is 0.993. The van der Waals surface area contributed by atoms with E-state index in [1.807, 2.05) is 6.92 Å². The van der Waals surface area contributed by atoms with Crippen LogP contribution >= 0.6 is 0 Å². The first kappa shape index (κ1) is 26.9. The van der Waals surface area contributed by atoms with Gasteiger partial charge in [0.2, 0.25) is 15.9 Å². The van der Waals surface area contributed by atoms with Crippen molar-refractivity contribution in [3.05, 3.63) is 42.1 Å². The fourth-order valence-corrected chi connectivity index (χ4v) is 4.14. The fourth-order valence-electron chi connectivity index (χ4n) is 3.63. The van der Waals surface area contributed by atoms with Gasteiger partial charge in [0.15, 0.2) is 22.9 Å². The van der Waals surface area contributed by atoms with Crippen molar-refractivity contribution in [3.8, 4) is 34.6 Å². The number of ether oxygens (including phenoxy) is 4. The van der Waals surface area contributed by atoms with Gasteiger partial charge in [0, 0.05) is 6.07 Å². The zero-order chi connectivity index (χ0) is 27.4. The van der Waals surface area contributed by atoms with Crippen molar-refractivity contribution in [2.45, 2.75) is 20.1 Å². The van der Waals surface area contributed by atoms with Crippen molar-refractivity contribution in [1.29, 1.82) is 0 Å². The van der Waals surface area contributed by atoms with Crippen LogP contribution in [0.15, 0.2) is 36.4 Å². The maximum atomic E-state index is 12.8. The number of nitrogens with zero attached hydrogens (tertiary/aromatic N) is 5. The van der Waals surface area contributed by atoms with Gasteiger partial charge >= 0.3 is 6.61 Å². The van der Waals surface area contributed by atoms with E-state index in [4.69, 9.17) is 14.2 Å². The molecule has 0 aliphatic carbocycles. The molecule has 4 aromatic rings. The Morgan fingerprint density at radius 1 is 1.00 bits per heavy atom. The molecule has 1 aromatic carbocycles. The van der Waals surface area contributed by atoms with E-state index >= 15 is 0 Å². The lowest BCUT2D eigenvalue weighted by molar-refractivity contribution is -0.137. The second-order valence-electron chi connectivity index (χ2n) is 7.69.